The molecule has 2 atom stereocenters. The minimum absolute atomic E-state index is 0.181. The second-order valence-corrected chi connectivity index (χ2v) is 8.49. The molecule has 0 aliphatic heterocycles. The summed E-state index contributed by atoms with van der Waals surface area (Å²) in [6, 6.07) is 11.3. The van der Waals surface area contributed by atoms with Gasteiger partial charge in [0.05, 0.1) is 6.42 Å². The third-order valence-electron chi connectivity index (χ3n) is 6.10. The van der Waals surface area contributed by atoms with E-state index in [-0.39, 0.29) is 18.4 Å². The summed E-state index contributed by atoms with van der Waals surface area (Å²) in [5.74, 6) is -3.04. The van der Waals surface area contributed by atoms with Crippen molar-refractivity contribution in [2.75, 3.05) is 6.61 Å². The molecular formula is C24H23F3N2O5. The molecule has 2 aromatic carbocycles. The van der Waals surface area contributed by atoms with Crippen molar-refractivity contribution in [3.63, 3.8) is 0 Å². The first-order valence-corrected chi connectivity index (χ1v) is 10.9. The molecule has 3 N–H and O–H groups in total. The number of rotatable bonds is 8. The van der Waals surface area contributed by atoms with E-state index in [1.807, 2.05) is 48.5 Å². The molecule has 1 fully saturated rings. The fourth-order valence-electron chi connectivity index (χ4n) is 4.26. The Morgan fingerprint density at radius 1 is 0.971 bits per heavy atom. The molecule has 34 heavy (non-hydrogen) atoms. The molecule has 2 aliphatic rings. The van der Waals surface area contributed by atoms with E-state index in [0.717, 1.165) is 22.3 Å². The molecule has 0 aromatic heterocycles. The van der Waals surface area contributed by atoms with E-state index in [1.165, 1.54) is 0 Å². The Morgan fingerprint density at radius 2 is 1.53 bits per heavy atom. The molecule has 2 unspecified atom stereocenters. The van der Waals surface area contributed by atoms with Gasteiger partial charge in [-0.1, -0.05) is 48.5 Å². The summed E-state index contributed by atoms with van der Waals surface area (Å²) < 4.78 is 45.6. The molecule has 0 bridgehead atoms. The Kier molecular flexibility index (Phi) is 6.49. The van der Waals surface area contributed by atoms with E-state index in [2.05, 4.69) is 5.32 Å². The van der Waals surface area contributed by atoms with Gasteiger partial charge in [-0.05, 0) is 41.0 Å². The van der Waals surface area contributed by atoms with Crippen molar-refractivity contribution in [3.8, 4) is 11.1 Å². The number of carbonyl (C=O) groups is 3. The van der Waals surface area contributed by atoms with Gasteiger partial charge < -0.3 is 20.5 Å². The normalized spacial score (nSPS) is 16.7. The fraction of sp³-hybridized carbons (Fsp3) is 0.375. The van der Waals surface area contributed by atoms with Gasteiger partial charge in [0.1, 0.15) is 18.7 Å². The van der Waals surface area contributed by atoms with E-state index in [9.17, 15) is 27.6 Å². The number of aliphatic carboxylic acids is 1. The van der Waals surface area contributed by atoms with Crippen LogP contribution in [0, 0.1) is 5.92 Å². The summed E-state index contributed by atoms with van der Waals surface area (Å²) >= 11 is 0. The molecule has 0 radical (unpaired) electrons. The molecule has 2 aromatic rings. The molecule has 4 rings (SSSR count). The van der Waals surface area contributed by atoms with Crippen LogP contribution in [0.5, 0.6) is 0 Å². The van der Waals surface area contributed by atoms with Crippen LogP contribution in [0.1, 0.15) is 36.3 Å². The van der Waals surface area contributed by atoms with Gasteiger partial charge in [-0.15, -0.1) is 0 Å². The number of alkyl carbamates (subject to hydrolysis) is 1. The second kappa shape index (κ2) is 9.36. The van der Waals surface area contributed by atoms with Gasteiger partial charge in [0, 0.05) is 5.92 Å². The lowest BCUT2D eigenvalue weighted by molar-refractivity contribution is -0.161. The monoisotopic (exact) mass is 476 g/mol. The van der Waals surface area contributed by atoms with Crippen LogP contribution in [-0.2, 0) is 14.3 Å². The fourth-order valence-corrected chi connectivity index (χ4v) is 4.26. The first kappa shape index (κ1) is 23.6. The van der Waals surface area contributed by atoms with Crippen molar-refractivity contribution in [1.29, 1.82) is 0 Å². The zero-order chi connectivity index (χ0) is 24.5. The van der Waals surface area contributed by atoms with Crippen molar-refractivity contribution in [2.24, 2.45) is 5.92 Å². The zero-order valence-electron chi connectivity index (χ0n) is 18.0. The Hall–Kier alpha value is -3.56. The number of hydrogen-bond donors (Lipinski definition) is 3. The van der Waals surface area contributed by atoms with Gasteiger partial charge in [0.25, 0.3) is 0 Å². The summed E-state index contributed by atoms with van der Waals surface area (Å²) in [5, 5.41) is 13.0. The van der Waals surface area contributed by atoms with E-state index in [4.69, 9.17) is 9.84 Å². The van der Waals surface area contributed by atoms with Gasteiger partial charge in [-0.25, -0.2) is 9.59 Å². The molecule has 10 heteroatoms. The molecule has 1 saturated carbocycles. The molecule has 2 amide bonds. The molecule has 0 heterocycles. The van der Waals surface area contributed by atoms with E-state index in [1.54, 1.807) is 5.32 Å². The highest BCUT2D eigenvalue weighted by Gasteiger charge is 2.44. The number of nitrogens with one attached hydrogen (secondary N) is 2. The molecule has 7 nitrogen and oxygen atoms in total. The highest BCUT2D eigenvalue weighted by molar-refractivity contribution is 5.85. The first-order chi connectivity index (χ1) is 16.1. The Balaban J connectivity index is 1.38. The van der Waals surface area contributed by atoms with Crippen LogP contribution in [0.4, 0.5) is 18.0 Å². The summed E-state index contributed by atoms with van der Waals surface area (Å²) in [7, 11) is 0. The lowest BCUT2D eigenvalue weighted by Gasteiger charge is -2.23. The Bertz CT molecular complexity index is 1050. The van der Waals surface area contributed by atoms with E-state index in [0.29, 0.717) is 12.8 Å². The van der Waals surface area contributed by atoms with Crippen molar-refractivity contribution >= 4 is 18.0 Å². The predicted molar refractivity (Wildman–Crippen MR) is 115 cm³/mol. The number of benzene rings is 2. The molecule has 0 spiro atoms. The van der Waals surface area contributed by atoms with Crippen molar-refractivity contribution in [3.05, 3.63) is 59.7 Å². The zero-order valence-corrected chi connectivity index (χ0v) is 18.0. The van der Waals surface area contributed by atoms with Crippen molar-refractivity contribution in [2.45, 2.75) is 43.4 Å². The Labute approximate surface area is 193 Å². The van der Waals surface area contributed by atoms with Gasteiger partial charge in [-0.3, -0.25) is 4.79 Å². The number of halogens is 3. The summed E-state index contributed by atoms with van der Waals surface area (Å²) in [5.41, 5.74) is 3.76. The van der Waals surface area contributed by atoms with Crippen LogP contribution >= 0.6 is 0 Å². The number of carboxylic acid groups (broad SMARTS) is 1. The van der Waals surface area contributed by atoms with E-state index < -0.39 is 42.7 Å². The Morgan fingerprint density at radius 3 is 2.03 bits per heavy atom. The lowest BCUT2D eigenvalue weighted by Crippen LogP contribution is -2.50. The number of amides is 2. The lowest BCUT2D eigenvalue weighted by atomic mass is 9.98. The molecule has 0 saturated heterocycles. The van der Waals surface area contributed by atoms with E-state index >= 15 is 0 Å². The van der Waals surface area contributed by atoms with Gasteiger partial charge >= 0.3 is 18.2 Å². The number of carboxylic acids is 1. The average molecular weight is 476 g/mol. The number of fused-ring (bicyclic) bond motifs is 3. The van der Waals surface area contributed by atoms with Gasteiger partial charge in [-0.2, -0.15) is 13.2 Å². The largest absolute Gasteiger partial charge is 0.480 e. The maximum absolute atomic E-state index is 13.5. The minimum atomic E-state index is -4.93. The number of alkyl halides is 3. The van der Waals surface area contributed by atoms with Crippen LogP contribution in [-0.4, -0.2) is 47.9 Å². The minimum Gasteiger partial charge on any atom is -0.480 e. The number of carbonyl (C=O) groups excluding carboxylic acids is 2. The number of hydrogen-bond acceptors (Lipinski definition) is 4. The standard InChI is InChI=1S/C24H23F3N2O5/c25-24(26,27)19(11-20(30)29-21(22(31)32)13-9-10-13)28-23(33)34-12-18-16-7-3-1-5-14(16)15-6-2-4-8-17(15)18/h1-8,13,18-19,21H,9-12H2,(H,28,33)(H,29,30)(H,31,32). The maximum atomic E-state index is 13.5. The van der Waals surface area contributed by atoms with Crippen LogP contribution in [0.25, 0.3) is 11.1 Å². The van der Waals surface area contributed by atoms with Gasteiger partial charge in [0.15, 0.2) is 0 Å². The topological polar surface area (TPSA) is 105 Å². The smallest absolute Gasteiger partial charge is 0.409 e. The molecular weight excluding hydrogens is 453 g/mol. The van der Waals surface area contributed by atoms with Crippen LogP contribution in [0.2, 0.25) is 0 Å². The van der Waals surface area contributed by atoms with Crippen LogP contribution < -0.4 is 10.6 Å². The maximum Gasteiger partial charge on any atom is 0.409 e. The second-order valence-electron chi connectivity index (χ2n) is 8.49. The SMILES string of the molecule is O=C(CC(NC(=O)OCC1c2ccccc2-c2ccccc21)C(F)(F)F)NC(C(=O)O)C1CC1. The highest BCUT2D eigenvalue weighted by Crippen LogP contribution is 2.44. The number of ether oxygens (including phenoxy) is 1. The van der Waals surface area contributed by atoms with Crippen LogP contribution in [0.15, 0.2) is 48.5 Å². The quantitative estimate of drug-likeness (QED) is 0.537. The van der Waals surface area contributed by atoms with Crippen LogP contribution in [0.3, 0.4) is 0 Å². The first-order valence-electron chi connectivity index (χ1n) is 10.9. The summed E-state index contributed by atoms with van der Waals surface area (Å²) in [6.07, 6.45) is -6.23. The third kappa shape index (κ3) is 5.16. The predicted octanol–water partition coefficient (Wildman–Crippen LogP) is 3.83. The highest BCUT2D eigenvalue weighted by atomic mass is 19.4. The molecule has 180 valence electrons. The summed E-state index contributed by atoms with van der Waals surface area (Å²) in [6.45, 7) is -0.181. The van der Waals surface area contributed by atoms with Crippen molar-refractivity contribution in [1.82, 2.24) is 10.6 Å². The average Bonchev–Trinajstić information content (AvgIpc) is 3.57. The van der Waals surface area contributed by atoms with Gasteiger partial charge in [0.2, 0.25) is 5.91 Å². The van der Waals surface area contributed by atoms with Crippen molar-refractivity contribution < 1.29 is 37.4 Å². The third-order valence-corrected chi connectivity index (χ3v) is 6.10. The summed E-state index contributed by atoms with van der Waals surface area (Å²) in [4.78, 5) is 35.6. The molecule has 2 aliphatic carbocycles.